The van der Waals surface area contributed by atoms with Crippen molar-refractivity contribution < 1.29 is 34.8 Å². The molecule has 0 aromatic rings. The molecule has 10 heteroatoms. The van der Waals surface area contributed by atoms with Gasteiger partial charge in [-0.05, 0) is 39.3 Å². The van der Waals surface area contributed by atoms with Crippen LogP contribution in [0.5, 0.6) is 0 Å². The van der Waals surface area contributed by atoms with Crippen LogP contribution in [0.2, 0.25) is 0 Å². The fourth-order valence-electron chi connectivity index (χ4n) is 1.84. The van der Waals surface area contributed by atoms with Crippen molar-refractivity contribution in [1.82, 2.24) is 16.0 Å². The summed E-state index contributed by atoms with van der Waals surface area (Å²) in [6, 6.07) is -3.38. The number of carboxylic acids is 2. The van der Waals surface area contributed by atoms with Gasteiger partial charge in [0.15, 0.2) is 6.29 Å². The highest BCUT2D eigenvalue weighted by Crippen LogP contribution is 2.03. The van der Waals surface area contributed by atoms with Crippen molar-refractivity contribution in [2.24, 2.45) is 0 Å². The lowest BCUT2D eigenvalue weighted by molar-refractivity contribution is -0.140. The Labute approximate surface area is 133 Å². The van der Waals surface area contributed by atoms with E-state index in [4.69, 9.17) is 20.4 Å². The summed E-state index contributed by atoms with van der Waals surface area (Å²) in [4.78, 5) is 33.8. The van der Waals surface area contributed by atoms with Crippen molar-refractivity contribution in [2.45, 2.75) is 50.5 Å². The van der Waals surface area contributed by atoms with Crippen LogP contribution < -0.4 is 16.0 Å². The van der Waals surface area contributed by atoms with Gasteiger partial charge in [-0.15, -0.1) is 0 Å². The third kappa shape index (κ3) is 10.4. The van der Waals surface area contributed by atoms with Gasteiger partial charge >= 0.3 is 18.0 Å². The molecule has 0 saturated heterocycles. The maximum absolute atomic E-state index is 11.7. The largest absolute Gasteiger partial charge is 0.480 e. The molecular formula is C13H25N3O7. The van der Waals surface area contributed by atoms with Gasteiger partial charge < -0.3 is 36.4 Å². The van der Waals surface area contributed by atoms with E-state index in [1.807, 2.05) is 0 Å². The Kier molecular flexibility index (Phi) is 10.7. The number of hydrogen-bond donors (Lipinski definition) is 7. The molecule has 0 aromatic heterocycles. The van der Waals surface area contributed by atoms with E-state index in [1.54, 1.807) is 7.05 Å². The van der Waals surface area contributed by atoms with Gasteiger partial charge in [-0.3, -0.25) is 0 Å². The second-order valence-electron chi connectivity index (χ2n) is 5.06. The number of rotatable bonds is 12. The molecule has 0 spiro atoms. The van der Waals surface area contributed by atoms with Crippen LogP contribution in [-0.2, 0) is 9.59 Å². The van der Waals surface area contributed by atoms with Crippen LogP contribution in [0, 0.1) is 0 Å². The van der Waals surface area contributed by atoms with Crippen LogP contribution in [0.15, 0.2) is 0 Å². The van der Waals surface area contributed by atoms with Crippen molar-refractivity contribution in [2.75, 3.05) is 13.6 Å². The number of amides is 2. The summed E-state index contributed by atoms with van der Waals surface area (Å²) in [5.41, 5.74) is 0. The second-order valence-corrected chi connectivity index (χ2v) is 5.06. The van der Waals surface area contributed by atoms with Crippen LogP contribution in [-0.4, -0.2) is 70.4 Å². The molecule has 2 unspecified atom stereocenters. The normalized spacial score (nSPS) is 13.4. The summed E-state index contributed by atoms with van der Waals surface area (Å²) in [7, 11) is 1.77. The minimum Gasteiger partial charge on any atom is -0.480 e. The molecule has 0 radical (unpaired) electrons. The minimum absolute atomic E-state index is 0.194. The molecule has 2 atom stereocenters. The molecule has 0 heterocycles. The van der Waals surface area contributed by atoms with Crippen LogP contribution in [0.4, 0.5) is 4.79 Å². The van der Waals surface area contributed by atoms with Gasteiger partial charge in [0.2, 0.25) is 0 Å². The number of aliphatic hydroxyl groups is 2. The molecule has 7 N–H and O–H groups in total. The summed E-state index contributed by atoms with van der Waals surface area (Å²) in [6.07, 6.45) is -0.561. The van der Waals surface area contributed by atoms with Crippen LogP contribution in [0.3, 0.4) is 0 Å². The Balaban J connectivity index is 4.41. The fourth-order valence-corrected chi connectivity index (χ4v) is 1.84. The number of unbranched alkanes of at least 4 members (excludes halogenated alkanes) is 1. The van der Waals surface area contributed by atoms with E-state index in [2.05, 4.69) is 16.0 Å². The van der Waals surface area contributed by atoms with Crippen LogP contribution in [0.25, 0.3) is 0 Å². The number of aliphatic carboxylic acids is 2. The first-order valence-corrected chi connectivity index (χ1v) is 7.31. The lowest BCUT2D eigenvalue weighted by Gasteiger charge is -2.19. The maximum Gasteiger partial charge on any atom is 0.326 e. The molecule has 0 rings (SSSR count). The standard InChI is InChI=1S/C13H25N3O7/c1-14-7-3-2-4-8(11(19)20)15-13(23)16-9(12(21)22)5-6-10(17)18/h8-10,14,17-18H,2-7H2,1H3,(H,19,20)(H,21,22)(H2,15,16,23). The second kappa shape index (κ2) is 11.6. The quantitative estimate of drug-likeness (QED) is 0.170. The molecule has 0 aliphatic carbocycles. The predicted octanol–water partition coefficient (Wildman–Crippen LogP) is -1.33. The Hall–Kier alpha value is -1.91. The zero-order valence-electron chi connectivity index (χ0n) is 13.0. The average Bonchev–Trinajstić information content (AvgIpc) is 2.45. The Morgan fingerprint density at radius 1 is 0.870 bits per heavy atom. The number of carbonyl (C=O) groups is 3. The zero-order valence-corrected chi connectivity index (χ0v) is 13.0. The SMILES string of the molecule is CNCCCCC(NC(=O)NC(CCC(O)O)C(=O)O)C(=O)O. The van der Waals surface area contributed by atoms with Gasteiger partial charge in [-0.1, -0.05) is 0 Å². The molecule has 0 aliphatic rings. The van der Waals surface area contributed by atoms with Gasteiger partial charge in [0, 0.05) is 6.42 Å². The summed E-state index contributed by atoms with van der Waals surface area (Å²) >= 11 is 0. The minimum atomic E-state index is -1.68. The van der Waals surface area contributed by atoms with Gasteiger partial charge in [-0.25, -0.2) is 14.4 Å². The number of urea groups is 1. The van der Waals surface area contributed by atoms with E-state index in [-0.39, 0.29) is 19.3 Å². The highest BCUT2D eigenvalue weighted by molar-refractivity contribution is 5.86. The molecular weight excluding hydrogens is 310 g/mol. The van der Waals surface area contributed by atoms with Gasteiger partial charge in [-0.2, -0.15) is 0 Å². The first kappa shape index (κ1) is 21.1. The van der Waals surface area contributed by atoms with Crippen molar-refractivity contribution in [3.05, 3.63) is 0 Å². The third-order valence-corrected chi connectivity index (χ3v) is 3.09. The molecule has 0 aromatic carbocycles. The van der Waals surface area contributed by atoms with E-state index in [0.717, 1.165) is 13.0 Å². The molecule has 2 amide bonds. The zero-order chi connectivity index (χ0) is 17.8. The smallest absolute Gasteiger partial charge is 0.326 e. The van der Waals surface area contributed by atoms with Crippen molar-refractivity contribution >= 4 is 18.0 Å². The predicted molar refractivity (Wildman–Crippen MR) is 79.8 cm³/mol. The summed E-state index contributed by atoms with van der Waals surface area (Å²) in [6.45, 7) is 0.725. The molecule has 0 bridgehead atoms. The topological polar surface area (TPSA) is 168 Å². The van der Waals surface area contributed by atoms with Crippen molar-refractivity contribution in [1.29, 1.82) is 0 Å². The van der Waals surface area contributed by atoms with E-state index < -0.39 is 36.3 Å². The first-order valence-electron chi connectivity index (χ1n) is 7.31. The molecule has 0 aliphatic heterocycles. The van der Waals surface area contributed by atoms with Crippen molar-refractivity contribution in [3.8, 4) is 0 Å². The Bertz CT molecular complexity index is 390. The number of hydrogen-bond acceptors (Lipinski definition) is 6. The average molecular weight is 335 g/mol. The fraction of sp³-hybridized carbons (Fsp3) is 0.769. The highest BCUT2D eigenvalue weighted by Gasteiger charge is 2.24. The number of carboxylic acid groups (broad SMARTS) is 2. The van der Waals surface area contributed by atoms with Gasteiger partial charge in [0.1, 0.15) is 12.1 Å². The summed E-state index contributed by atoms with van der Waals surface area (Å²) in [5, 5.41) is 42.7. The van der Waals surface area contributed by atoms with E-state index in [1.165, 1.54) is 0 Å². The van der Waals surface area contributed by atoms with Crippen molar-refractivity contribution in [3.63, 3.8) is 0 Å². The van der Waals surface area contributed by atoms with E-state index in [0.29, 0.717) is 6.42 Å². The highest BCUT2D eigenvalue weighted by atomic mass is 16.5. The number of aliphatic hydroxyl groups excluding tert-OH is 1. The Morgan fingerprint density at radius 2 is 1.39 bits per heavy atom. The molecule has 23 heavy (non-hydrogen) atoms. The summed E-state index contributed by atoms with van der Waals surface area (Å²) in [5.74, 6) is -2.55. The summed E-state index contributed by atoms with van der Waals surface area (Å²) < 4.78 is 0. The Morgan fingerprint density at radius 3 is 1.83 bits per heavy atom. The molecule has 0 fully saturated rings. The van der Waals surface area contributed by atoms with Crippen LogP contribution >= 0.6 is 0 Å². The lowest BCUT2D eigenvalue weighted by Crippen LogP contribution is -2.51. The number of nitrogens with one attached hydrogen (secondary N) is 3. The molecule has 134 valence electrons. The van der Waals surface area contributed by atoms with Gasteiger partial charge in [0.25, 0.3) is 0 Å². The van der Waals surface area contributed by atoms with E-state index in [9.17, 15) is 14.4 Å². The molecule has 0 saturated carbocycles. The van der Waals surface area contributed by atoms with Crippen LogP contribution in [0.1, 0.15) is 32.1 Å². The lowest BCUT2D eigenvalue weighted by atomic mass is 10.1. The van der Waals surface area contributed by atoms with E-state index >= 15 is 0 Å². The monoisotopic (exact) mass is 335 g/mol. The first-order chi connectivity index (χ1) is 10.8. The van der Waals surface area contributed by atoms with Gasteiger partial charge in [0.05, 0.1) is 0 Å². The third-order valence-electron chi connectivity index (χ3n) is 3.09. The number of carbonyl (C=O) groups excluding carboxylic acids is 1. The molecule has 10 nitrogen and oxygen atoms in total. The maximum atomic E-state index is 11.7.